The fourth-order valence-corrected chi connectivity index (χ4v) is 2.64. The summed E-state index contributed by atoms with van der Waals surface area (Å²) in [5.41, 5.74) is -0.0901. The third kappa shape index (κ3) is 5.52. The highest BCUT2D eigenvalue weighted by molar-refractivity contribution is 6.31. The quantitative estimate of drug-likeness (QED) is 0.405. The lowest BCUT2D eigenvalue weighted by atomic mass is 10.2. The molecular formula is C19H16ClN3O6. The number of carbonyl (C=O) groups is 3. The Morgan fingerprint density at radius 2 is 1.93 bits per heavy atom. The minimum absolute atomic E-state index is 0.119. The zero-order valence-electron chi connectivity index (χ0n) is 15.0. The molecule has 2 amide bonds. The molecule has 0 aliphatic heterocycles. The number of nitrogens with one attached hydrogen (secondary N) is 2. The van der Waals surface area contributed by atoms with Gasteiger partial charge in [-0.05, 0) is 43.2 Å². The first-order valence-corrected chi connectivity index (χ1v) is 9.03. The highest BCUT2D eigenvalue weighted by atomic mass is 35.5. The van der Waals surface area contributed by atoms with Gasteiger partial charge in [0.15, 0.2) is 6.61 Å². The van der Waals surface area contributed by atoms with E-state index in [0.29, 0.717) is 11.3 Å². The summed E-state index contributed by atoms with van der Waals surface area (Å²) in [6.45, 7) is -0.666. The van der Waals surface area contributed by atoms with Crippen LogP contribution in [0.1, 0.15) is 33.6 Å². The molecule has 10 heteroatoms. The molecule has 0 aromatic heterocycles. The number of nitro groups is 1. The van der Waals surface area contributed by atoms with E-state index in [4.69, 9.17) is 16.3 Å². The normalized spacial score (nSPS) is 12.7. The van der Waals surface area contributed by atoms with Crippen LogP contribution in [0.2, 0.25) is 5.02 Å². The molecule has 0 bridgehead atoms. The summed E-state index contributed by atoms with van der Waals surface area (Å²) in [7, 11) is 0. The maximum atomic E-state index is 12.1. The fourth-order valence-electron chi connectivity index (χ4n) is 2.47. The maximum absolute atomic E-state index is 12.1. The average molecular weight is 418 g/mol. The van der Waals surface area contributed by atoms with E-state index < -0.39 is 29.1 Å². The maximum Gasteiger partial charge on any atom is 0.345 e. The Labute approximate surface area is 170 Å². The van der Waals surface area contributed by atoms with E-state index >= 15 is 0 Å². The molecule has 0 saturated heterocycles. The molecule has 150 valence electrons. The lowest BCUT2D eigenvalue weighted by molar-refractivity contribution is -0.385. The second-order valence-corrected chi connectivity index (χ2v) is 6.81. The van der Waals surface area contributed by atoms with Crippen LogP contribution in [-0.4, -0.2) is 35.4 Å². The first-order chi connectivity index (χ1) is 13.8. The van der Waals surface area contributed by atoms with Crippen molar-refractivity contribution >= 4 is 40.8 Å². The Morgan fingerprint density at radius 1 is 1.17 bits per heavy atom. The molecule has 1 fully saturated rings. The van der Waals surface area contributed by atoms with Crippen LogP contribution in [-0.2, 0) is 9.53 Å². The van der Waals surface area contributed by atoms with Gasteiger partial charge in [-0.1, -0.05) is 17.7 Å². The van der Waals surface area contributed by atoms with Gasteiger partial charge < -0.3 is 15.4 Å². The molecular weight excluding hydrogens is 402 g/mol. The number of halogens is 1. The Hall–Kier alpha value is -3.46. The second kappa shape index (κ2) is 8.70. The van der Waals surface area contributed by atoms with E-state index in [1.807, 2.05) is 0 Å². The number of amides is 2. The van der Waals surface area contributed by atoms with Gasteiger partial charge in [-0.15, -0.1) is 0 Å². The molecule has 0 spiro atoms. The molecule has 1 aliphatic rings. The number of ether oxygens (including phenoxy) is 1. The lowest BCUT2D eigenvalue weighted by Crippen LogP contribution is -2.25. The number of benzene rings is 2. The highest BCUT2D eigenvalue weighted by Crippen LogP contribution is 2.23. The number of anilines is 1. The molecule has 2 aromatic carbocycles. The summed E-state index contributed by atoms with van der Waals surface area (Å²) in [6, 6.07) is 9.96. The largest absolute Gasteiger partial charge is 0.452 e. The van der Waals surface area contributed by atoms with Crippen molar-refractivity contribution in [2.24, 2.45) is 0 Å². The van der Waals surface area contributed by atoms with Crippen molar-refractivity contribution in [3.05, 3.63) is 68.7 Å². The van der Waals surface area contributed by atoms with Crippen molar-refractivity contribution in [3.8, 4) is 0 Å². The molecule has 1 aliphatic carbocycles. The minimum atomic E-state index is -1.05. The number of nitrogens with zero attached hydrogens (tertiary/aromatic N) is 1. The number of rotatable bonds is 7. The van der Waals surface area contributed by atoms with Crippen LogP contribution in [0.15, 0.2) is 42.5 Å². The van der Waals surface area contributed by atoms with Gasteiger partial charge in [0.1, 0.15) is 5.56 Å². The number of nitro benzene ring substituents is 1. The van der Waals surface area contributed by atoms with Crippen LogP contribution in [0.5, 0.6) is 0 Å². The van der Waals surface area contributed by atoms with Crippen LogP contribution in [0, 0.1) is 10.1 Å². The first kappa shape index (κ1) is 20.3. The van der Waals surface area contributed by atoms with Crippen molar-refractivity contribution in [1.82, 2.24) is 5.32 Å². The number of carbonyl (C=O) groups excluding carboxylic acids is 3. The van der Waals surface area contributed by atoms with Gasteiger partial charge >= 0.3 is 5.97 Å². The van der Waals surface area contributed by atoms with E-state index in [-0.39, 0.29) is 22.5 Å². The van der Waals surface area contributed by atoms with Gasteiger partial charge in [-0.3, -0.25) is 19.7 Å². The van der Waals surface area contributed by atoms with Gasteiger partial charge in [0.2, 0.25) is 0 Å². The monoisotopic (exact) mass is 417 g/mol. The smallest absolute Gasteiger partial charge is 0.345 e. The van der Waals surface area contributed by atoms with Crippen molar-refractivity contribution in [3.63, 3.8) is 0 Å². The van der Waals surface area contributed by atoms with Gasteiger partial charge in [-0.2, -0.15) is 0 Å². The Kier molecular flexibility index (Phi) is 6.08. The standard InChI is InChI=1S/C19H16ClN3O6/c20-12-4-7-16(23(27)28)15(9-12)19(26)29-10-17(24)21-14-3-1-2-11(8-14)18(25)22-13-5-6-13/h1-4,7-9,13H,5-6,10H2,(H,21,24)(H,22,25). The van der Waals surface area contributed by atoms with E-state index in [2.05, 4.69) is 10.6 Å². The summed E-state index contributed by atoms with van der Waals surface area (Å²) in [5.74, 6) is -1.95. The van der Waals surface area contributed by atoms with Gasteiger partial charge in [-0.25, -0.2) is 4.79 Å². The van der Waals surface area contributed by atoms with Crippen LogP contribution < -0.4 is 10.6 Å². The lowest BCUT2D eigenvalue weighted by Gasteiger charge is -2.09. The molecule has 0 unspecified atom stereocenters. The van der Waals surface area contributed by atoms with Crippen LogP contribution in [0.4, 0.5) is 11.4 Å². The highest BCUT2D eigenvalue weighted by Gasteiger charge is 2.24. The second-order valence-electron chi connectivity index (χ2n) is 6.37. The predicted octanol–water partition coefficient (Wildman–Crippen LogP) is 2.94. The molecule has 9 nitrogen and oxygen atoms in total. The summed E-state index contributed by atoms with van der Waals surface area (Å²) >= 11 is 5.77. The molecule has 0 radical (unpaired) electrons. The van der Waals surface area contributed by atoms with Crippen LogP contribution >= 0.6 is 11.6 Å². The van der Waals surface area contributed by atoms with Gasteiger partial charge in [0, 0.05) is 28.4 Å². The molecule has 2 aromatic rings. The fraction of sp³-hybridized carbons (Fsp3) is 0.211. The van der Waals surface area contributed by atoms with Crippen LogP contribution in [0.25, 0.3) is 0 Å². The minimum Gasteiger partial charge on any atom is -0.452 e. The van der Waals surface area contributed by atoms with Gasteiger partial charge in [0.05, 0.1) is 4.92 Å². The molecule has 29 heavy (non-hydrogen) atoms. The van der Waals surface area contributed by atoms with E-state index in [9.17, 15) is 24.5 Å². The number of esters is 1. The zero-order chi connectivity index (χ0) is 21.0. The molecule has 3 rings (SSSR count). The number of hydrogen-bond donors (Lipinski definition) is 2. The Morgan fingerprint density at radius 3 is 2.62 bits per heavy atom. The van der Waals surface area contributed by atoms with E-state index in [1.165, 1.54) is 12.1 Å². The molecule has 1 saturated carbocycles. The third-order valence-electron chi connectivity index (χ3n) is 4.03. The molecule has 0 atom stereocenters. The van der Waals surface area contributed by atoms with E-state index in [1.54, 1.807) is 18.2 Å². The summed E-state index contributed by atoms with van der Waals surface area (Å²) in [4.78, 5) is 46.5. The predicted molar refractivity (Wildman–Crippen MR) is 104 cm³/mol. The van der Waals surface area contributed by atoms with Crippen molar-refractivity contribution in [2.75, 3.05) is 11.9 Å². The zero-order valence-corrected chi connectivity index (χ0v) is 15.8. The average Bonchev–Trinajstić information content (AvgIpc) is 3.50. The Bertz CT molecular complexity index is 990. The van der Waals surface area contributed by atoms with Crippen molar-refractivity contribution < 1.29 is 24.0 Å². The van der Waals surface area contributed by atoms with Crippen molar-refractivity contribution in [1.29, 1.82) is 0 Å². The van der Waals surface area contributed by atoms with E-state index in [0.717, 1.165) is 25.0 Å². The summed E-state index contributed by atoms with van der Waals surface area (Å²) in [6.07, 6.45) is 1.91. The van der Waals surface area contributed by atoms with Crippen LogP contribution in [0.3, 0.4) is 0 Å². The molecule has 2 N–H and O–H groups in total. The van der Waals surface area contributed by atoms with Crippen molar-refractivity contribution in [2.45, 2.75) is 18.9 Å². The Balaban J connectivity index is 1.59. The SMILES string of the molecule is O=C(COC(=O)c1cc(Cl)ccc1[N+](=O)[O-])Nc1cccc(C(=O)NC2CC2)c1. The third-order valence-corrected chi connectivity index (χ3v) is 4.27. The summed E-state index contributed by atoms with van der Waals surface area (Å²) in [5, 5.41) is 16.5. The topological polar surface area (TPSA) is 128 Å². The van der Waals surface area contributed by atoms with Gasteiger partial charge in [0.25, 0.3) is 17.5 Å². The number of hydrogen-bond acceptors (Lipinski definition) is 6. The summed E-state index contributed by atoms with van der Waals surface area (Å²) < 4.78 is 4.85. The first-order valence-electron chi connectivity index (χ1n) is 8.65. The molecule has 0 heterocycles.